The standard InChI is InChI=1S/C18H22BrNO/c1-12(2)14-4-7-16(8-5-14)21-17-9-6-15(10-13(3)20)18(19)11-17/h4-9,11-13H,10,20H2,1-3H3. The smallest absolute Gasteiger partial charge is 0.128 e. The zero-order valence-corrected chi connectivity index (χ0v) is 14.4. The van der Waals surface area contributed by atoms with Crippen molar-refractivity contribution in [1.29, 1.82) is 0 Å². The first kappa shape index (κ1) is 16.1. The van der Waals surface area contributed by atoms with E-state index >= 15 is 0 Å². The first-order chi connectivity index (χ1) is 9.95. The van der Waals surface area contributed by atoms with Gasteiger partial charge in [-0.25, -0.2) is 0 Å². The highest BCUT2D eigenvalue weighted by Gasteiger charge is 2.06. The van der Waals surface area contributed by atoms with Gasteiger partial charge in [-0.2, -0.15) is 0 Å². The lowest BCUT2D eigenvalue weighted by atomic mass is 10.0. The molecule has 0 saturated heterocycles. The molecule has 2 N–H and O–H groups in total. The molecule has 1 unspecified atom stereocenters. The number of halogens is 1. The van der Waals surface area contributed by atoms with Crippen molar-refractivity contribution in [2.45, 2.75) is 39.2 Å². The van der Waals surface area contributed by atoms with Gasteiger partial charge in [0.1, 0.15) is 11.5 Å². The normalized spacial score (nSPS) is 12.5. The lowest BCUT2D eigenvalue weighted by Gasteiger charge is -2.11. The molecule has 0 fully saturated rings. The second-order valence-corrected chi connectivity index (χ2v) is 6.61. The van der Waals surface area contributed by atoms with Crippen molar-refractivity contribution >= 4 is 15.9 Å². The number of hydrogen-bond donors (Lipinski definition) is 1. The van der Waals surface area contributed by atoms with Gasteiger partial charge in [0, 0.05) is 10.5 Å². The fourth-order valence-corrected chi connectivity index (χ4v) is 2.68. The molecule has 0 amide bonds. The Labute approximate surface area is 135 Å². The van der Waals surface area contributed by atoms with Crippen molar-refractivity contribution in [1.82, 2.24) is 0 Å². The highest BCUT2D eigenvalue weighted by molar-refractivity contribution is 9.10. The van der Waals surface area contributed by atoms with Crippen molar-refractivity contribution < 1.29 is 4.74 Å². The summed E-state index contributed by atoms with van der Waals surface area (Å²) < 4.78 is 6.93. The van der Waals surface area contributed by atoms with Crippen LogP contribution >= 0.6 is 15.9 Å². The Kier molecular flexibility index (Phi) is 5.43. The average Bonchev–Trinajstić information content (AvgIpc) is 2.42. The van der Waals surface area contributed by atoms with Gasteiger partial charge < -0.3 is 10.5 Å². The summed E-state index contributed by atoms with van der Waals surface area (Å²) >= 11 is 3.58. The molecule has 0 radical (unpaired) electrons. The van der Waals surface area contributed by atoms with E-state index in [0.717, 1.165) is 22.4 Å². The summed E-state index contributed by atoms with van der Waals surface area (Å²) in [5.41, 5.74) is 8.36. The SMILES string of the molecule is CC(N)Cc1ccc(Oc2ccc(C(C)C)cc2)cc1Br. The fraction of sp³-hybridized carbons (Fsp3) is 0.333. The van der Waals surface area contributed by atoms with Crippen molar-refractivity contribution in [2.24, 2.45) is 5.73 Å². The molecule has 0 aliphatic carbocycles. The number of nitrogens with two attached hydrogens (primary N) is 1. The summed E-state index contributed by atoms with van der Waals surface area (Å²) in [7, 11) is 0. The summed E-state index contributed by atoms with van der Waals surface area (Å²) in [5, 5.41) is 0. The Morgan fingerprint density at radius 1 is 1.00 bits per heavy atom. The maximum Gasteiger partial charge on any atom is 0.128 e. The number of rotatable bonds is 5. The van der Waals surface area contributed by atoms with Crippen molar-refractivity contribution in [3.8, 4) is 11.5 Å². The monoisotopic (exact) mass is 347 g/mol. The van der Waals surface area contributed by atoms with Crippen LogP contribution in [-0.4, -0.2) is 6.04 Å². The van der Waals surface area contributed by atoms with Gasteiger partial charge in [0.05, 0.1) is 0 Å². The second-order valence-electron chi connectivity index (χ2n) is 5.76. The average molecular weight is 348 g/mol. The van der Waals surface area contributed by atoms with Crippen molar-refractivity contribution in [3.05, 3.63) is 58.1 Å². The zero-order chi connectivity index (χ0) is 15.4. The zero-order valence-electron chi connectivity index (χ0n) is 12.8. The van der Waals surface area contributed by atoms with E-state index in [2.05, 4.69) is 48.0 Å². The van der Waals surface area contributed by atoms with Gasteiger partial charge in [-0.3, -0.25) is 0 Å². The Balaban J connectivity index is 2.11. The van der Waals surface area contributed by atoms with E-state index in [-0.39, 0.29) is 6.04 Å². The third-order valence-electron chi connectivity index (χ3n) is 3.35. The molecular weight excluding hydrogens is 326 g/mol. The van der Waals surface area contributed by atoms with Gasteiger partial charge in [-0.05, 0) is 54.7 Å². The lowest BCUT2D eigenvalue weighted by Crippen LogP contribution is -2.17. The first-order valence-electron chi connectivity index (χ1n) is 7.27. The van der Waals surface area contributed by atoms with Crippen LogP contribution in [0.2, 0.25) is 0 Å². The van der Waals surface area contributed by atoms with Crippen LogP contribution in [-0.2, 0) is 6.42 Å². The third kappa shape index (κ3) is 4.58. The molecule has 0 bridgehead atoms. The molecule has 0 aromatic heterocycles. The van der Waals surface area contributed by atoms with E-state index in [1.54, 1.807) is 0 Å². The van der Waals surface area contributed by atoms with Crippen LogP contribution in [0.3, 0.4) is 0 Å². The molecule has 1 atom stereocenters. The fourth-order valence-electron chi connectivity index (χ4n) is 2.16. The highest BCUT2D eigenvalue weighted by Crippen LogP contribution is 2.28. The summed E-state index contributed by atoms with van der Waals surface area (Å²) in [6.07, 6.45) is 0.851. The van der Waals surface area contributed by atoms with E-state index in [9.17, 15) is 0 Å². The van der Waals surface area contributed by atoms with E-state index < -0.39 is 0 Å². The molecule has 0 spiro atoms. The topological polar surface area (TPSA) is 35.2 Å². The predicted octanol–water partition coefficient (Wildman–Crippen LogP) is 5.25. The van der Waals surface area contributed by atoms with E-state index in [1.165, 1.54) is 11.1 Å². The second kappa shape index (κ2) is 7.10. The molecule has 0 heterocycles. The first-order valence-corrected chi connectivity index (χ1v) is 8.07. The molecule has 2 nitrogen and oxygen atoms in total. The van der Waals surface area contributed by atoms with Gasteiger partial charge in [0.2, 0.25) is 0 Å². The Morgan fingerprint density at radius 2 is 1.62 bits per heavy atom. The predicted molar refractivity (Wildman–Crippen MR) is 92.1 cm³/mol. The lowest BCUT2D eigenvalue weighted by molar-refractivity contribution is 0.481. The van der Waals surface area contributed by atoms with Crippen LogP contribution in [0.25, 0.3) is 0 Å². The van der Waals surface area contributed by atoms with Crippen molar-refractivity contribution in [2.75, 3.05) is 0 Å². The van der Waals surface area contributed by atoms with Crippen LogP contribution < -0.4 is 10.5 Å². The minimum absolute atomic E-state index is 0.150. The molecule has 2 aromatic rings. The summed E-state index contributed by atoms with van der Waals surface area (Å²) in [6, 6.07) is 14.4. The third-order valence-corrected chi connectivity index (χ3v) is 4.09. The van der Waals surface area contributed by atoms with Gasteiger partial charge in [-0.1, -0.05) is 48.0 Å². The molecule has 0 saturated carbocycles. The van der Waals surface area contributed by atoms with Crippen LogP contribution in [0.15, 0.2) is 46.9 Å². The Morgan fingerprint density at radius 3 is 2.14 bits per heavy atom. The quantitative estimate of drug-likeness (QED) is 0.800. The van der Waals surface area contributed by atoms with Crippen LogP contribution in [0.4, 0.5) is 0 Å². The number of ether oxygens (including phenoxy) is 1. The minimum atomic E-state index is 0.150. The van der Waals surface area contributed by atoms with Crippen molar-refractivity contribution in [3.63, 3.8) is 0 Å². The number of benzene rings is 2. The van der Waals surface area contributed by atoms with E-state index in [1.807, 2.05) is 31.2 Å². The maximum atomic E-state index is 5.89. The van der Waals surface area contributed by atoms with Crippen LogP contribution in [0.1, 0.15) is 37.8 Å². The van der Waals surface area contributed by atoms with Crippen LogP contribution in [0.5, 0.6) is 11.5 Å². The Hall–Kier alpha value is -1.32. The Bertz CT molecular complexity index is 591. The molecule has 0 aliphatic rings. The molecule has 3 heteroatoms. The van der Waals surface area contributed by atoms with Gasteiger partial charge in [-0.15, -0.1) is 0 Å². The molecule has 0 aliphatic heterocycles. The highest BCUT2D eigenvalue weighted by atomic mass is 79.9. The van der Waals surface area contributed by atoms with Gasteiger partial charge >= 0.3 is 0 Å². The van der Waals surface area contributed by atoms with Gasteiger partial charge in [0.15, 0.2) is 0 Å². The molecular formula is C18H22BrNO. The molecule has 21 heavy (non-hydrogen) atoms. The molecule has 2 rings (SSSR count). The van der Waals surface area contributed by atoms with Crippen LogP contribution in [0, 0.1) is 0 Å². The van der Waals surface area contributed by atoms with E-state index in [0.29, 0.717) is 5.92 Å². The summed E-state index contributed by atoms with van der Waals surface area (Å²) in [5.74, 6) is 2.21. The minimum Gasteiger partial charge on any atom is -0.457 e. The summed E-state index contributed by atoms with van der Waals surface area (Å²) in [4.78, 5) is 0. The molecule has 112 valence electrons. The number of hydrogen-bond acceptors (Lipinski definition) is 2. The maximum absolute atomic E-state index is 5.89. The largest absolute Gasteiger partial charge is 0.457 e. The van der Waals surface area contributed by atoms with E-state index in [4.69, 9.17) is 10.5 Å². The van der Waals surface area contributed by atoms with Gasteiger partial charge in [0.25, 0.3) is 0 Å². The molecule has 2 aromatic carbocycles. The summed E-state index contributed by atoms with van der Waals surface area (Å²) in [6.45, 7) is 6.38.